The smallest absolute Gasteiger partial charge is 0.183 e. The monoisotopic (exact) mass is 203 g/mol. The Morgan fingerprint density at radius 1 is 1.40 bits per heavy atom. The molecule has 5 heteroatoms. The van der Waals surface area contributed by atoms with E-state index >= 15 is 0 Å². The van der Waals surface area contributed by atoms with Gasteiger partial charge in [-0.1, -0.05) is 19.3 Å². The second-order valence-corrected chi connectivity index (χ2v) is 4.14. The highest BCUT2D eigenvalue weighted by atomic mass is 15.0. The van der Waals surface area contributed by atoms with E-state index in [1.54, 1.807) is 0 Å². The molecule has 0 spiro atoms. The van der Waals surface area contributed by atoms with Crippen molar-refractivity contribution in [2.75, 3.05) is 5.73 Å². The molecule has 0 radical (unpaired) electrons. The number of aromatic nitrogens is 4. The third kappa shape index (κ3) is 1.44. The van der Waals surface area contributed by atoms with Gasteiger partial charge in [0.05, 0.1) is 0 Å². The molecule has 15 heavy (non-hydrogen) atoms. The number of nitrogens with one attached hydrogen (secondary N) is 1. The molecular formula is C10H13N5. The number of nitrogen functional groups attached to an aromatic ring is 1. The maximum Gasteiger partial charge on any atom is 0.183 e. The van der Waals surface area contributed by atoms with Crippen LogP contribution in [0.5, 0.6) is 0 Å². The van der Waals surface area contributed by atoms with Crippen LogP contribution in [0.25, 0.3) is 11.2 Å². The van der Waals surface area contributed by atoms with Gasteiger partial charge in [0.2, 0.25) is 0 Å². The first-order valence-corrected chi connectivity index (χ1v) is 5.28. The zero-order valence-corrected chi connectivity index (χ0v) is 8.40. The van der Waals surface area contributed by atoms with Gasteiger partial charge in [-0.2, -0.15) is 0 Å². The first-order valence-electron chi connectivity index (χ1n) is 5.28. The average molecular weight is 203 g/mol. The van der Waals surface area contributed by atoms with Gasteiger partial charge in [-0.3, -0.25) is 0 Å². The summed E-state index contributed by atoms with van der Waals surface area (Å²) in [5, 5.41) is 0. The van der Waals surface area contributed by atoms with Crippen molar-refractivity contribution in [3.05, 3.63) is 12.2 Å². The Hall–Kier alpha value is -1.65. The van der Waals surface area contributed by atoms with E-state index in [1.807, 2.05) is 0 Å². The lowest BCUT2D eigenvalue weighted by Gasteiger charge is -2.23. The maximum absolute atomic E-state index is 5.72. The number of hydrogen-bond acceptors (Lipinski definition) is 4. The Bertz CT molecular complexity index is 486. The Morgan fingerprint density at radius 2 is 2.27 bits per heavy atom. The number of fused-ring (bicyclic) bond motifs is 1. The highest BCUT2D eigenvalue weighted by Gasteiger charge is 2.19. The molecule has 3 N–H and O–H groups in total. The van der Waals surface area contributed by atoms with E-state index in [1.165, 1.54) is 25.6 Å². The van der Waals surface area contributed by atoms with Gasteiger partial charge in [-0.25, -0.2) is 15.0 Å². The molecule has 2 heterocycles. The van der Waals surface area contributed by atoms with Crippen LogP contribution in [0, 0.1) is 5.92 Å². The standard InChI is InChI=1S/C10H13N5/c11-9-8-10(13-5-12-9)15-7(14-8)4-6-2-1-3-6/h5-6H,1-4H2,(H3,11,12,13,14,15). The largest absolute Gasteiger partial charge is 0.382 e. The van der Waals surface area contributed by atoms with Crippen molar-refractivity contribution in [1.82, 2.24) is 19.9 Å². The molecule has 78 valence electrons. The summed E-state index contributed by atoms with van der Waals surface area (Å²) in [5.41, 5.74) is 7.17. The van der Waals surface area contributed by atoms with Crippen LogP contribution in [-0.4, -0.2) is 19.9 Å². The Kier molecular flexibility index (Phi) is 1.83. The van der Waals surface area contributed by atoms with Crippen molar-refractivity contribution in [2.45, 2.75) is 25.7 Å². The van der Waals surface area contributed by atoms with Gasteiger partial charge in [0.1, 0.15) is 17.7 Å². The van der Waals surface area contributed by atoms with E-state index in [4.69, 9.17) is 5.73 Å². The zero-order chi connectivity index (χ0) is 10.3. The van der Waals surface area contributed by atoms with Crippen LogP contribution < -0.4 is 5.73 Å². The lowest BCUT2D eigenvalue weighted by atomic mass is 9.83. The summed E-state index contributed by atoms with van der Waals surface area (Å²) in [5.74, 6) is 2.26. The minimum absolute atomic E-state index is 0.479. The number of nitrogens with zero attached hydrogens (tertiary/aromatic N) is 3. The van der Waals surface area contributed by atoms with Gasteiger partial charge < -0.3 is 10.7 Å². The molecule has 1 aliphatic carbocycles. The molecule has 0 aromatic carbocycles. The highest BCUT2D eigenvalue weighted by molar-refractivity contribution is 5.80. The van der Waals surface area contributed by atoms with Gasteiger partial charge in [0.25, 0.3) is 0 Å². The lowest BCUT2D eigenvalue weighted by Crippen LogP contribution is -2.14. The average Bonchev–Trinajstić information content (AvgIpc) is 2.56. The third-order valence-corrected chi connectivity index (χ3v) is 3.07. The molecule has 1 fully saturated rings. The number of aromatic amines is 1. The fourth-order valence-corrected chi connectivity index (χ4v) is 1.96. The van der Waals surface area contributed by atoms with Crippen molar-refractivity contribution in [1.29, 1.82) is 0 Å². The van der Waals surface area contributed by atoms with E-state index in [0.29, 0.717) is 11.5 Å². The predicted molar refractivity (Wildman–Crippen MR) is 57.1 cm³/mol. The molecule has 0 unspecified atom stereocenters. The summed E-state index contributed by atoms with van der Waals surface area (Å²) in [6, 6.07) is 0. The van der Waals surface area contributed by atoms with Crippen molar-refractivity contribution in [3.63, 3.8) is 0 Å². The number of H-pyrrole nitrogens is 1. The van der Waals surface area contributed by atoms with Crippen molar-refractivity contribution >= 4 is 17.0 Å². The minimum atomic E-state index is 0.479. The molecule has 1 aliphatic rings. The van der Waals surface area contributed by atoms with Gasteiger partial charge in [-0.05, 0) is 5.92 Å². The van der Waals surface area contributed by atoms with E-state index < -0.39 is 0 Å². The number of anilines is 1. The molecular weight excluding hydrogens is 190 g/mol. The van der Waals surface area contributed by atoms with Crippen molar-refractivity contribution in [2.24, 2.45) is 5.92 Å². The fourth-order valence-electron chi connectivity index (χ4n) is 1.96. The van der Waals surface area contributed by atoms with Gasteiger partial charge in [0, 0.05) is 6.42 Å². The van der Waals surface area contributed by atoms with Crippen LogP contribution in [-0.2, 0) is 6.42 Å². The fraction of sp³-hybridized carbons (Fsp3) is 0.500. The predicted octanol–water partition coefficient (Wildman–Crippen LogP) is 1.28. The van der Waals surface area contributed by atoms with E-state index in [-0.39, 0.29) is 0 Å². The molecule has 1 saturated carbocycles. The Labute approximate surface area is 87.1 Å². The topological polar surface area (TPSA) is 80.5 Å². The maximum atomic E-state index is 5.72. The first kappa shape index (κ1) is 8.64. The SMILES string of the molecule is Nc1ncnc2nc(CC3CCC3)[nH]c12. The summed E-state index contributed by atoms with van der Waals surface area (Å²) in [7, 11) is 0. The van der Waals surface area contributed by atoms with Gasteiger partial charge >= 0.3 is 0 Å². The van der Waals surface area contributed by atoms with Crippen LogP contribution in [0.3, 0.4) is 0 Å². The normalized spacial score (nSPS) is 16.8. The Morgan fingerprint density at radius 3 is 2.93 bits per heavy atom. The van der Waals surface area contributed by atoms with Crippen LogP contribution in [0.15, 0.2) is 6.33 Å². The molecule has 0 bridgehead atoms. The molecule has 3 rings (SSSR count). The minimum Gasteiger partial charge on any atom is -0.382 e. The highest BCUT2D eigenvalue weighted by Crippen LogP contribution is 2.29. The van der Waals surface area contributed by atoms with E-state index in [0.717, 1.165) is 23.7 Å². The molecule has 0 aliphatic heterocycles. The Balaban J connectivity index is 1.95. The van der Waals surface area contributed by atoms with E-state index in [9.17, 15) is 0 Å². The zero-order valence-electron chi connectivity index (χ0n) is 8.40. The summed E-state index contributed by atoms with van der Waals surface area (Å²) < 4.78 is 0. The molecule has 0 amide bonds. The number of imidazole rings is 1. The van der Waals surface area contributed by atoms with E-state index in [2.05, 4.69) is 19.9 Å². The summed E-state index contributed by atoms with van der Waals surface area (Å²) in [4.78, 5) is 15.6. The lowest BCUT2D eigenvalue weighted by molar-refractivity contribution is 0.310. The first-order chi connectivity index (χ1) is 7.33. The second-order valence-electron chi connectivity index (χ2n) is 4.14. The summed E-state index contributed by atoms with van der Waals surface area (Å²) in [6.07, 6.45) is 6.45. The molecule has 0 atom stereocenters. The second kappa shape index (κ2) is 3.18. The number of rotatable bonds is 2. The summed E-state index contributed by atoms with van der Waals surface area (Å²) in [6.45, 7) is 0. The molecule has 5 nitrogen and oxygen atoms in total. The number of nitrogens with two attached hydrogens (primary N) is 1. The van der Waals surface area contributed by atoms with Crippen LogP contribution in [0.2, 0.25) is 0 Å². The molecule has 2 aromatic rings. The van der Waals surface area contributed by atoms with Crippen molar-refractivity contribution in [3.8, 4) is 0 Å². The quantitative estimate of drug-likeness (QED) is 0.770. The molecule has 2 aromatic heterocycles. The van der Waals surface area contributed by atoms with Crippen LogP contribution >= 0.6 is 0 Å². The van der Waals surface area contributed by atoms with Gasteiger partial charge in [0.15, 0.2) is 11.5 Å². The molecule has 0 saturated heterocycles. The summed E-state index contributed by atoms with van der Waals surface area (Å²) >= 11 is 0. The van der Waals surface area contributed by atoms with Gasteiger partial charge in [-0.15, -0.1) is 0 Å². The van der Waals surface area contributed by atoms with Crippen LogP contribution in [0.4, 0.5) is 5.82 Å². The number of hydrogen-bond donors (Lipinski definition) is 2. The third-order valence-electron chi connectivity index (χ3n) is 3.07. The van der Waals surface area contributed by atoms with Crippen molar-refractivity contribution < 1.29 is 0 Å². The van der Waals surface area contributed by atoms with Crippen LogP contribution in [0.1, 0.15) is 25.1 Å².